The molecule has 2 N–H and O–H groups in total. The normalized spacial score (nSPS) is 16.8. The number of sulfone groups is 1. The van der Waals surface area contributed by atoms with Gasteiger partial charge in [-0.2, -0.15) is 0 Å². The maximum absolute atomic E-state index is 14.6. The van der Waals surface area contributed by atoms with Gasteiger partial charge >= 0.3 is 0 Å². The molecule has 3 rings (SSSR count). The molecule has 2 heterocycles. The summed E-state index contributed by atoms with van der Waals surface area (Å²) in [5.41, 5.74) is 3.88. The van der Waals surface area contributed by atoms with Gasteiger partial charge in [-0.25, -0.2) is 17.8 Å². The lowest BCUT2D eigenvalue weighted by Crippen LogP contribution is -2.37. The Bertz CT molecular complexity index is 952. The molecule has 0 bridgehead atoms. The molecule has 7 nitrogen and oxygen atoms in total. The van der Waals surface area contributed by atoms with Gasteiger partial charge in [-0.3, -0.25) is 4.79 Å². The van der Waals surface area contributed by atoms with Crippen molar-refractivity contribution in [1.82, 2.24) is 4.98 Å². The minimum absolute atomic E-state index is 0.0612. The molecular weight excluding hydrogens is 395 g/mol. The first-order valence-corrected chi connectivity index (χ1v) is 10.5. The summed E-state index contributed by atoms with van der Waals surface area (Å²) in [5.74, 6) is -0.841. The Morgan fingerprint density at radius 2 is 2.04 bits per heavy atom. The van der Waals surface area contributed by atoms with E-state index in [0.29, 0.717) is 13.2 Å². The van der Waals surface area contributed by atoms with E-state index in [4.69, 9.17) is 15.2 Å². The lowest BCUT2D eigenvalue weighted by Gasteiger charge is -2.28. The molecule has 1 aliphatic rings. The highest BCUT2D eigenvalue weighted by molar-refractivity contribution is 7.93. The molecule has 1 fully saturated rings. The van der Waals surface area contributed by atoms with Crippen LogP contribution in [0.15, 0.2) is 33.4 Å². The molecule has 27 heavy (non-hydrogen) atoms. The summed E-state index contributed by atoms with van der Waals surface area (Å²) in [6.45, 7) is 1.93. The summed E-state index contributed by atoms with van der Waals surface area (Å²) in [5, 5.41) is 0.0612. The van der Waals surface area contributed by atoms with E-state index in [1.165, 1.54) is 31.2 Å². The molecule has 0 aliphatic carbocycles. The van der Waals surface area contributed by atoms with Gasteiger partial charge in [-0.15, -0.1) is 0 Å². The van der Waals surface area contributed by atoms with Crippen molar-refractivity contribution < 1.29 is 27.1 Å². The quantitative estimate of drug-likeness (QED) is 0.777. The molecule has 1 amide bonds. The van der Waals surface area contributed by atoms with Crippen molar-refractivity contribution in [2.45, 2.75) is 34.5 Å². The minimum atomic E-state index is -4.02. The second-order valence-electron chi connectivity index (χ2n) is 6.27. The van der Waals surface area contributed by atoms with E-state index in [1.54, 1.807) is 0 Å². The summed E-state index contributed by atoms with van der Waals surface area (Å²) >= 11 is 0.798. The van der Waals surface area contributed by atoms with Crippen LogP contribution in [0.1, 0.15) is 28.9 Å². The number of carbonyl (C=O) groups is 1. The predicted octanol–water partition coefficient (Wildman–Crippen LogP) is 2.28. The first-order valence-electron chi connectivity index (χ1n) is 8.24. The van der Waals surface area contributed by atoms with Gasteiger partial charge in [-0.05, 0) is 19.1 Å². The molecule has 146 valence electrons. The van der Waals surface area contributed by atoms with E-state index in [9.17, 15) is 17.6 Å². The monoisotopic (exact) mass is 414 g/mol. The third-order valence-corrected chi connectivity index (χ3v) is 7.76. The first-order chi connectivity index (χ1) is 12.7. The summed E-state index contributed by atoms with van der Waals surface area (Å²) < 4.78 is 51.1. The SMILES string of the molecule is Cc1nc(OCC2(F)CCOCC2)sc1S(=O)(=O)c1ccccc1C(N)=O. The molecule has 10 heteroatoms. The van der Waals surface area contributed by atoms with Gasteiger partial charge in [0.15, 0.2) is 4.21 Å². The Morgan fingerprint density at radius 1 is 1.37 bits per heavy atom. The van der Waals surface area contributed by atoms with Crippen LogP contribution in [0.4, 0.5) is 4.39 Å². The van der Waals surface area contributed by atoms with Crippen LogP contribution < -0.4 is 10.5 Å². The molecule has 0 saturated carbocycles. The van der Waals surface area contributed by atoms with Crippen LogP contribution in [0, 0.1) is 6.92 Å². The van der Waals surface area contributed by atoms with Crippen LogP contribution in [0.25, 0.3) is 0 Å². The number of nitrogens with two attached hydrogens (primary N) is 1. The lowest BCUT2D eigenvalue weighted by molar-refractivity contribution is -0.0324. The maximum Gasteiger partial charge on any atom is 0.274 e. The van der Waals surface area contributed by atoms with Gasteiger partial charge in [-0.1, -0.05) is 23.5 Å². The summed E-state index contributed by atoms with van der Waals surface area (Å²) in [7, 11) is -4.02. The third-order valence-electron chi connectivity index (χ3n) is 4.26. The van der Waals surface area contributed by atoms with Crippen LogP contribution in [0.2, 0.25) is 0 Å². The molecule has 0 spiro atoms. The van der Waals surface area contributed by atoms with E-state index in [1.807, 2.05) is 0 Å². The third kappa shape index (κ3) is 4.12. The minimum Gasteiger partial charge on any atom is -0.467 e. The molecule has 0 atom stereocenters. The number of aryl methyl sites for hydroxylation is 1. The van der Waals surface area contributed by atoms with Gasteiger partial charge in [0.05, 0.1) is 16.2 Å². The van der Waals surface area contributed by atoms with E-state index < -0.39 is 21.4 Å². The fourth-order valence-electron chi connectivity index (χ4n) is 2.75. The summed E-state index contributed by atoms with van der Waals surface area (Å²) in [4.78, 5) is 15.5. The van der Waals surface area contributed by atoms with Crippen LogP contribution in [-0.2, 0) is 14.6 Å². The van der Waals surface area contributed by atoms with Crippen LogP contribution >= 0.6 is 11.3 Å². The van der Waals surface area contributed by atoms with Gasteiger partial charge in [0.25, 0.3) is 5.19 Å². The number of carbonyl (C=O) groups excluding carboxylic acids is 1. The number of ether oxygens (including phenoxy) is 2. The fourth-order valence-corrected chi connectivity index (χ4v) is 5.67. The van der Waals surface area contributed by atoms with Gasteiger partial charge in [0.2, 0.25) is 15.7 Å². The van der Waals surface area contributed by atoms with Crippen molar-refractivity contribution in [3.63, 3.8) is 0 Å². The van der Waals surface area contributed by atoms with Gasteiger partial charge in [0.1, 0.15) is 12.3 Å². The second kappa shape index (κ2) is 7.53. The van der Waals surface area contributed by atoms with Gasteiger partial charge < -0.3 is 15.2 Å². The van der Waals surface area contributed by atoms with Crippen LogP contribution in [0.3, 0.4) is 0 Å². The number of hydrogen-bond donors (Lipinski definition) is 1. The number of benzene rings is 1. The number of nitrogens with zero attached hydrogens (tertiary/aromatic N) is 1. The van der Waals surface area contributed by atoms with Crippen LogP contribution in [-0.4, -0.2) is 44.8 Å². The number of primary amides is 1. The van der Waals surface area contributed by atoms with Crippen LogP contribution in [0.5, 0.6) is 5.19 Å². The highest BCUT2D eigenvalue weighted by Gasteiger charge is 2.34. The molecule has 1 aliphatic heterocycles. The molecule has 1 aromatic heterocycles. The lowest BCUT2D eigenvalue weighted by atomic mass is 9.98. The average molecular weight is 414 g/mol. The largest absolute Gasteiger partial charge is 0.467 e. The number of hydrogen-bond acceptors (Lipinski definition) is 7. The van der Waals surface area contributed by atoms with Crippen molar-refractivity contribution in [3.05, 3.63) is 35.5 Å². The Hall–Kier alpha value is -2.04. The van der Waals surface area contributed by atoms with Crippen molar-refractivity contribution in [2.24, 2.45) is 5.73 Å². The average Bonchev–Trinajstić information content (AvgIpc) is 3.02. The number of amides is 1. The molecular formula is C17H19FN2O5S2. The molecule has 2 aromatic rings. The van der Waals surface area contributed by atoms with E-state index >= 15 is 0 Å². The number of rotatable bonds is 6. The van der Waals surface area contributed by atoms with E-state index in [2.05, 4.69) is 4.98 Å². The number of halogens is 1. The smallest absolute Gasteiger partial charge is 0.274 e. The number of aromatic nitrogens is 1. The fraction of sp³-hybridized carbons (Fsp3) is 0.412. The van der Waals surface area contributed by atoms with Crippen molar-refractivity contribution in [3.8, 4) is 5.19 Å². The zero-order chi connectivity index (χ0) is 19.7. The summed E-state index contributed by atoms with van der Waals surface area (Å²) in [6.07, 6.45) is 0.434. The zero-order valence-corrected chi connectivity index (χ0v) is 16.2. The van der Waals surface area contributed by atoms with Crippen molar-refractivity contribution >= 4 is 27.1 Å². The Labute approximate surface area is 160 Å². The molecule has 1 saturated heterocycles. The van der Waals surface area contributed by atoms with Gasteiger partial charge in [0, 0.05) is 26.1 Å². The Balaban J connectivity index is 1.87. The summed E-state index contributed by atoms with van der Waals surface area (Å²) in [6, 6.07) is 5.70. The highest BCUT2D eigenvalue weighted by atomic mass is 32.2. The molecule has 1 aromatic carbocycles. The highest BCUT2D eigenvalue weighted by Crippen LogP contribution is 2.35. The predicted molar refractivity (Wildman–Crippen MR) is 96.6 cm³/mol. The van der Waals surface area contributed by atoms with Crippen molar-refractivity contribution in [2.75, 3.05) is 19.8 Å². The number of alkyl halides is 1. The second-order valence-corrected chi connectivity index (χ2v) is 9.34. The molecule has 0 radical (unpaired) electrons. The van der Waals surface area contributed by atoms with E-state index in [0.717, 1.165) is 11.3 Å². The van der Waals surface area contributed by atoms with Crippen molar-refractivity contribution in [1.29, 1.82) is 0 Å². The maximum atomic E-state index is 14.6. The van der Waals surface area contributed by atoms with E-state index in [-0.39, 0.29) is 45.0 Å². The Kier molecular flexibility index (Phi) is 5.50. The topological polar surface area (TPSA) is 109 Å². The number of thiazole rings is 1. The zero-order valence-electron chi connectivity index (χ0n) is 14.6. The Morgan fingerprint density at radius 3 is 2.70 bits per heavy atom. The molecule has 0 unspecified atom stereocenters. The standard InChI is InChI=1S/C17H19FN2O5S2/c1-11-15(27(22,23)13-5-3-2-4-12(13)14(19)21)26-16(20-11)25-10-17(18)6-8-24-9-7-17/h2-5H,6-10H2,1H3,(H2,19,21). The first kappa shape index (κ1) is 19.7.